The second-order valence-corrected chi connectivity index (χ2v) is 5.04. The first-order valence-electron chi connectivity index (χ1n) is 5.59. The van der Waals surface area contributed by atoms with Gasteiger partial charge in [-0.2, -0.15) is 0 Å². The lowest BCUT2D eigenvalue weighted by atomic mass is 10.2. The molecule has 98 valence electrons. The molecule has 1 N–H and O–H groups in total. The largest absolute Gasteiger partial charge is 0.392 e. The molecule has 0 fully saturated rings. The van der Waals surface area contributed by atoms with Crippen molar-refractivity contribution in [3.05, 3.63) is 57.8 Å². The van der Waals surface area contributed by atoms with Gasteiger partial charge in [-0.1, -0.05) is 11.8 Å². The van der Waals surface area contributed by atoms with E-state index in [1.165, 1.54) is 23.9 Å². The summed E-state index contributed by atoms with van der Waals surface area (Å²) in [5.41, 5.74) is 1.81. The second kappa shape index (κ2) is 5.81. The van der Waals surface area contributed by atoms with Gasteiger partial charge in [0.1, 0.15) is 5.03 Å². The first-order valence-corrected chi connectivity index (χ1v) is 6.40. The van der Waals surface area contributed by atoms with Crippen LogP contribution in [0, 0.1) is 17.0 Å². The summed E-state index contributed by atoms with van der Waals surface area (Å²) in [4.78, 5) is 15.3. The zero-order valence-electron chi connectivity index (χ0n) is 10.2. The highest BCUT2D eigenvalue weighted by atomic mass is 32.2. The Morgan fingerprint density at radius 3 is 2.58 bits per heavy atom. The zero-order chi connectivity index (χ0) is 13.8. The monoisotopic (exact) mass is 276 g/mol. The van der Waals surface area contributed by atoms with Gasteiger partial charge in [0.05, 0.1) is 11.5 Å². The molecule has 0 saturated heterocycles. The number of nitro benzene ring substituents is 1. The molecule has 0 saturated carbocycles. The Morgan fingerprint density at radius 2 is 2.05 bits per heavy atom. The number of aliphatic hydroxyl groups is 1. The smallest absolute Gasteiger partial charge is 0.269 e. The maximum absolute atomic E-state index is 10.6. The van der Waals surface area contributed by atoms with Crippen LogP contribution in [0.2, 0.25) is 0 Å². The number of non-ortho nitro benzene ring substituents is 1. The number of hydrogen-bond acceptors (Lipinski definition) is 5. The lowest BCUT2D eigenvalue weighted by molar-refractivity contribution is -0.384. The number of rotatable bonds is 4. The summed E-state index contributed by atoms with van der Waals surface area (Å²) in [5.74, 6) is 0. The Hall–Kier alpha value is -1.92. The van der Waals surface area contributed by atoms with Gasteiger partial charge in [0.2, 0.25) is 0 Å². The molecule has 19 heavy (non-hydrogen) atoms. The minimum Gasteiger partial charge on any atom is -0.392 e. The van der Waals surface area contributed by atoms with Crippen LogP contribution >= 0.6 is 11.8 Å². The number of pyridine rings is 1. The first-order chi connectivity index (χ1) is 9.10. The molecule has 2 rings (SSSR count). The molecule has 0 atom stereocenters. The summed E-state index contributed by atoms with van der Waals surface area (Å²) in [6, 6.07) is 8.22. The summed E-state index contributed by atoms with van der Waals surface area (Å²) in [6.07, 6.45) is 1.63. The van der Waals surface area contributed by atoms with Crippen LogP contribution in [0.3, 0.4) is 0 Å². The van der Waals surface area contributed by atoms with Gasteiger partial charge in [0, 0.05) is 23.2 Å². The molecule has 1 aromatic heterocycles. The van der Waals surface area contributed by atoms with E-state index >= 15 is 0 Å². The molecule has 0 bridgehead atoms. The van der Waals surface area contributed by atoms with Gasteiger partial charge < -0.3 is 5.11 Å². The average molecular weight is 276 g/mol. The van der Waals surface area contributed by atoms with Crippen LogP contribution in [-0.4, -0.2) is 15.0 Å². The third-order valence-corrected chi connectivity index (χ3v) is 3.66. The molecule has 1 heterocycles. The molecule has 0 aliphatic carbocycles. The molecule has 0 aliphatic rings. The van der Waals surface area contributed by atoms with E-state index in [0.717, 1.165) is 21.0 Å². The maximum Gasteiger partial charge on any atom is 0.269 e. The summed E-state index contributed by atoms with van der Waals surface area (Å²) in [7, 11) is 0. The van der Waals surface area contributed by atoms with Gasteiger partial charge in [0.15, 0.2) is 0 Å². The minimum absolute atomic E-state index is 0.0314. The molecule has 0 aliphatic heterocycles. The van der Waals surface area contributed by atoms with Crippen molar-refractivity contribution < 1.29 is 10.0 Å². The summed E-state index contributed by atoms with van der Waals surface area (Å²) in [5, 5.41) is 20.4. The van der Waals surface area contributed by atoms with Crippen LogP contribution in [0.25, 0.3) is 0 Å². The van der Waals surface area contributed by atoms with E-state index in [1.54, 1.807) is 18.3 Å². The fraction of sp³-hybridized carbons (Fsp3) is 0.154. The third kappa shape index (κ3) is 3.30. The van der Waals surface area contributed by atoms with Gasteiger partial charge in [-0.25, -0.2) is 4.98 Å². The summed E-state index contributed by atoms with van der Waals surface area (Å²) >= 11 is 1.44. The lowest BCUT2D eigenvalue weighted by Crippen LogP contribution is -1.91. The van der Waals surface area contributed by atoms with Crippen LogP contribution in [0.15, 0.2) is 46.5 Å². The van der Waals surface area contributed by atoms with Crippen molar-refractivity contribution in [1.82, 2.24) is 4.98 Å². The Balaban J connectivity index is 2.19. The van der Waals surface area contributed by atoms with E-state index in [4.69, 9.17) is 5.11 Å². The molecule has 0 radical (unpaired) electrons. The van der Waals surface area contributed by atoms with E-state index in [9.17, 15) is 10.1 Å². The molecule has 1 aromatic carbocycles. The predicted octanol–water partition coefficient (Wildman–Crippen LogP) is 2.94. The third-order valence-electron chi connectivity index (χ3n) is 2.53. The molecule has 0 spiro atoms. The van der Waals surface area contributed by atoms with Crippen molar-refractivity contribution in [2.75, 3.05) is 0 Å². The van der Waals surface area contributed by atoms with E-state index in [2.05, 4.69) is 4.98 Å². The Morgan fingerprint density at radius 1 is 1.37 bits per heavy atom. The summed E-state index contributed by atoms with van der Waals surface area (Å²) < 4.78 is 0. The molecular formula is C13H12N2O3S. The van der Waals surface area contributed by atoms with Crippen molar-refractivity contribution in [2.24, 2.45) is 0 Å². The van der Waals surface area contributed by atoms with Gasteiger partial charge in [-0.3, -0.25) is 10.1 Å². The van der Waals surface area contributed by atoms with Crippen LogP contribution in [0.4, 0.5) is 5.69 Å². The molecular weight excluding hydrogens is 264 g/mol. The van der Waals surface area contributed by atoms with E-state index in [-0.39, 0.29) is 12.3 Å². The number of hydrogen-bond donors (Lipinski definition) is 1. The highest BCUT2D eigenvalue weighted by Gasteiger charge is 2.07. The Kier molecular flexibility index (Phi) is 4.13. The summed E-state index contributed by atoms with van der Waals surface area (Å²) in [6.45, 7) is 1.89. The Bertz CT molecular complexity index is 599. The zero-order valence-corrected chi connectivity index (χ0v) is 11.1. The van der Waals surface area contributed by atoms with Crippen molar-refractivity contribution in [3.8, 4) is 0 Å². The van der Waals surface area contributed by atoms with Gasteiger partial charge in [-0.05, 0) is 36.2 Å². The SMILES string of the molecule is Cc1cc(CO)cnc1Sc1ccc([N+](=O)[O-])cc1. The number of aryl methyl sites for hydroxylation is 1. The standard InChI is InChI=1S/C13H12N2O3S/c1-9-6-10(8-16)7-14-13(9)19-12-4-2-11(3-5-12)15(17)18/h2-7,16H,8H2,1H3. The topological polar surface area (TPSA) is 76.3 Å². The fourth-order valence-electron chi connectivity index (χ4n) is 1.56. The molecule has 5 nitrogen and oxygen atoms in total. The number of nitro groups is 1. The highest BCUT2D eigenvalue weighted by molar-refractivity contribution is 7.99. The maximum atomic E-state index is 10.6. The quantitative estimate of drug-likeness (QED) is 0.686. The van der Waals surface area contributed by atoms with Crippen molar-refractivity contribution in [3.63, 3.8) is 0 Å². The molecule has 2 aromatic rings. The Labute approximate surface area is 114 Å². The van der Waals surface area contributed by atoms with Gasteiger partial charge in [0.25, 0.3) is 5.69 Å². The van der Waals surface area contributed by atoms with E-state index in [1.807, 2.05) is 13.0 Å². The van der Waals surface area contributed by atoms with Crippen LogP contribution in [0.1, 0.15) is 11.1 Å². The molecule has 6 heteroatoms. The number of aromatic nitrogens is 1. The van der Waals surface area contributed by atoms with Gasteiger partial charge >= 0.3 is 0 Å². The lowest BCUT2D eigenvalue weighted by Gasteiger charge is -2.05. The minimum atomic E-state index is -0.423. The normalized spacial score (nSPS) is 10.4. The molecule has 0 unspecified atom stereocenters. The number of nitrogens with zero attached hydrogens (tertiary/aromatic N) is 2. The fourth-order valence-corrected chi connectivity index (χ4v) is 2.38. The predicted molar refractivity (Wildman–Crippen MR) is 72.1 cm³/mol. The van der Waals surface area contributed by atoms with Gasteiger partial charge in [-0.15, -0.1) is 0 Å². The van der Waals surface area contributed by atoms with Crippen molar-refractivity contribution in [2.45, 2.75) is 23.5 Å². The van der Waals surface area contributed by atoms with Crippen LogP contribution < -0.4 is 0 Å². The highest BCUT2D eigenvalue weighted by Crippen LogP contribution is 2.29. The van der Waals surface area contributed by atoms with E-state index < -0.39 is 4.92 Å². The first kappa shape index (κ1) is 13.5. The van der Waals surface area contributed by atoms with Crippen LogP contribution in [0.5, 0.6) is 0 Å². The number of aliphatic hydroxyl groups excluding tert-OH is 1. The number of benzene rings is 1. The van der Waals surface area contributed by atoms with Crippen molar-refractivity contribution >= 4 is 17.4 Å². The van der Waals surface area contributed by atoms with Crippen LogP contribution in [-0.2, 0) is 6.61 Å². The molecule has 0 amide bonds. The average Bonchev–Trinajstić information content (AvgIpc) is 2.41. The van der Waals surface area contributed by atoms with E-state index in [0.29, 0.717) is 0 Å². The second-order valence-electron chi connectivity index (χ2n) is 3.98. The van der Waals surface area contributed by atoms with Crippen molar-refractivity contribution in [1.29, 1.82) is 0 Å².